The highest BCUT2D eigenvalue weighted by Crippen LogP contribution is 2.35. The number of halogens is 1. The van der Waals surface area contributed by atoms with Gasteiger partial charge in [0.1, 0.15) is 11.4 Å². The minimum Gasteiger partial charge on any atom is -0.380 e. The van der Waals surface area contributed by atoms with Crippen LogP contribution in [0.4, 0.5) is 4.39 Å². The molecule has 0 aliphatic rings. The predicted octanol–water partition coefficient (Wildman–Crippen LogP) is 3.78. The first-order valence-corrected chi connectivity index (χ1v) is 6.13. The molecule has 1 atom stereocenters. The van der Waals surface area contributed by atoms with Crippen molar-refractivity contribution in [2.75, 3.05) is 0 Å². The first kappa shape index (κ1) is 12.8. The second kappa shape index (κ2) is 4.91. The van der Waals surface area contributed by atoms with Gasteiger partial charge in [0.15, 0.2) is 0 Å². The first-order chi connectivity index (χ1) is 8.59. The molecule has 0 aliphatic heterocycles. The van der Waals surface area contributed by atoms with E-state index in [-0.39, 0.29) is 5.82 Å². The van der Waals surface area contributed by atoms with Crippen LogP contribution >= 0.6 is 0 Å². The average molecular weight is 244 g/mol. The Kier molecular flexibility index (Phi) is 3.48. The molecular formula is C16H17FO. The van der Waals surface area contributed by atoms with Gasteiger partial charge < -0.3 is 5.11 Å². The lowest BCUT2D eigenvalue weighted by Crippen LogP contribution is -2.28. The molecule has 0 aromatic heterocycles. The quantitative estimate of drug-likeness (QED) is 0.871. The van der Waals surface area contributed by atoms with Crippen molar-refractivity contribution in [3.8, 4) is 0 Å². The zero-order valence-corrected chi connectivity index (χ0v) is 10.7. The van der Waals surface area contributed by atoms with E-state index < -0.39 is 5.60 Å². The van der Waals surface area contributed by atoms with E-state index in [1.165, 1.54) is 6.07 Å². The summed E-state index contributed by atoms with van der Waals surface area (Å²) < 4.78 is 13.9. The van der Waals surface area contributed by atoms with Crippen molar-refractivity contribution in [1.82, 2.24) is 0 Å². The molecule has 0 radical (unpaired) electrons. The molecule has 0 spiro atoms. The van der Waals surface area contributed by atoms with Crippen LogP contribution in [0.5, 0.6) is 0 Å². The van der Waals surface area contributed by atoms with Gasteiger partial charge in [0.2, 0.25) is 0 Å². The van der Waals surface area contributed by atoms with Crippen molar-refractivity contribution in [2.45, 2.75) is 25.9 Å². The molecule has 0 aliphatic carbocycles. The van der Waals surface area contributed by atoms with Crippen LogP contribution in [0, 0.1) is 12.7 Å². The normalized spacial score (nSPS) is 14.2. The third kappa shape index (κ3) is 2.04. The van der Waals surface area contributed by atoms with Crippen molar-refractivity contribution in [2.24, 2.45) is 0 Å². The molecule has 1 unspecified atom stereocenters. The molecule has 94 valence electrons. The average Bonchev–Trinajstić information content (AvgIpc) is 2.39. The lowest BCUT2D eigenvalue weighted by Gasteiger charge is -2.29. The number of hydrogen-bond acceptors (Lipinski definition) is 1. The fourth-order valence-electron chi connectivity index (χ4n) is 2.36. The molecule has 18 heavy (non-hydrogen) atoms. The Hall–Kier alpha value is -1.67. The molecule has 1 N–H and O–H groups in total. The Balaban J connectivity index is 2.63. The molecule has 2 rings (SSSR count). The molecule has 0 fully saturated rings. The van der Waals surface area contributed by atoms with Crippen LogP contribution in [0.15, 0.2) is 48.5 Å². The number of aliphatic hydroxyl groups is 1. The molecule has 2 aromatic rings. The maximum absolute atomic E-state index is 13.9. The molecule has 0 amide bonds. The summed E-state index contributed by atoms with van der Waals surface area (Å²) in [6, 6.07) is 14.0. The summed E-state index contributed by atoms with van der Waals surface area (Å²) in [4.78, 5) is 0. The zero-order valence-electron chi connectivity index (χ0n) is 10.7. The van der Waals surface area contributed by atoms with E-state index in [9.17, 15) is 9.50 Å². The monoisotopic (exact) mass is 244 g/mol. The molecular weight excluding hydrogens is 227 g/mol. The van der Waals surface area contributed by atoms with E-state index >= 15 is 0 Å². The lowest BCUT2D eigenvalue weighted by molar-refractivity contribution is 0.0719. The number of benzene rings is 2. The van der Waals surface area contributed by atoms with Crippen LogP contribution in [-0.2, 0) is 5.60 Å². The third-order valence-electron chi connectivity index (χ3n) is 3.42. The summed E-state index contributed by atoms with van der Waals surface area (Å²) in [5, 5.41) is 10.9. The summed E-state index contributed by atoms with van der Waals surface area (Å²) in [6.45, 7) is 3.79. The van der Waals surface area contributed by atoms with E-state index in [4.69, 9.17) is 0 Å². The van der Waals surface area contributed by atoms with Crippen molar-refractivity contribution >= 4 is 0 Å². The maximum Gasteiger partial charge on any atom is 0.129 e. The highest BCUT2D eigenvalue weighted by Gasteiger charge is 2.33. The fourth-order valence-corrected chi connectivity index (χ4v) is 2.36. The van der Waals surface area contributed by atoms with Gasteiger partial charge in [0, 0.05) is 5.56 Å². The summed E-state index contributed by atoms with van der Waals surface area (Å²) in [6.07, 6.45) is 0.429. The number of aryl methyl sites for hydroxylation is 1. The minimum absolute atomic E-state index is 0.335. The highest BCUT2D eigenvalue weighted by molar-refractivity contribution is 5.40. The first-order valence-electron chi connectivity index (χ1n) is 6.13. The van der Waals surface area contributed by atoms with Crippen LogP contribution in [0.1, 0.15) is 30.0 Å². The van der Waals surface area contributed by atoms with Crippen molar-refractivity contribution in [1.29, 1.82) is 0 Å². The second-order valence-corrected chi connectivity index (χ2v) is 4.51. The smallest absolute Gasteiger partial charge is 0.129 e. The topological polar surface area (TPSA) is 20.2 Å². The van der Waals surface area contributed by atoms with Crippen LogP contribution in [-0.4, -0.2) is 5.11 Å². The second-order valence-electron chi connectivity index (χ2n) is 4.51. The SMILES string of the molecule is CCC(O)(c1ccccc1C)c1ccccc1F. The van der Waals surface area contributed by atoms with Crippen molar-refractivity contribution < 1.29 is 9.50 Å². The Labute approximate surface area is 107 Å². The zero-order chi connectivity index (χ0) is 13.2. The Morgan fingerprint density at radius 3 is 2.11 bits per heavy atom. The minimum atomic E-state index is -1.27. The van der Waals surface area contributed by atoms with Crippen LogP contribution < -0.4 is 0 Å². The largest absolute Gasteiger partial charge is 0.380 e. The van der Waals surface area contributed by atoms with Gasteiger partial charge in [-0.05, 0) is 30.5 Å². The van der Waals surface area contributed by atoms with E-state index in [0.29, 0.717) is 12.0 Å². The Bertz CT molecular complexity index is 503. The standard InChI is InChI=1S/C16H17FO/c1-3-16(18,13-9-5-4-8-12(13)2)14-10-6-7-11-15(14)17/h4-11,18H,3H2,1-2H3. The molecule has 0 bridgehead atoms. The summed E-state index contributed by atoms with van der Waals surface area (Å²) in [5.74, 6) is -0.370. The Morgan fingerprint density at radius 1 is 1.00 bits per heavy atom. The number of rotatable bonds is 3. The van der Waals surface area contributed by atoms with Crippen LogP contribution in [0.2, 0.25) is 0 Å². The van der Waals surface area contributed by atoms with E-state index in [0.717, 1.165) is 11.1 Å². The van der Waals surface area contributed by atoms with Crippen LogP contribution in [0.3, 0.4) is 0 Å². The lowest BCUT2D eigenvalue weighted by atomic mass is 9.82. The van der Waals surface area contributed by atoms with E-state index in [1.54, 1.807) is 18.2 Å². The van der Waals surface area contributed by atoms with Crippen molar-refractivity contribution in [3.63, 3.8) is 0 Å². The Morgan fingerprint density at radius 2 is 1.56 bits per heavy atom. The van der Waals surface area contributed by atoms with Gasteiger partial charge >= 0.3 is 0 Å². The maximum atomic E-state index is 13.9. The third-order valence-corrected chi connectivity index (χ3v) is 3.42. The summed E-state index contributed by atoms with van der Waals surface area (Å²) in [5.41, 5.74) is 0.793. The van der Waals surface area contributed by atoms with Gasteiger partial charge in [-0.15, -0.1) is 0 Å². The molecule has 0 heterocycles. The summed E-state index contributed by atoms with van der Waals surface area (Å²) >= 11 is 0. The van der Waals surface area contributed by atoms with Gasteiger partial charge in [-0.3, -0.25) is 0 Å². The van der Waals surface area contributed by atoms with Gasteiger partial charge in [0.05, 0.1) is 0 Å². The molecule has 0 saturated heterocycles. The fraction of sp³-hybridized carbons (Fsp3) is 0.250. The van der Waals surface area contributed by atoms with Crippen LogP contribution in [0.25, 0.3) is 0 Å². The molecule has 2 heteroatoms. The molecule has 0 saturated carbocycles. The predicted molar refractivity (Wildman–Crippen MR) is 70.9 cm³/mol. The molecule has 1 nitrogen and oxygen atoms in total. The van der Waals surface area contributed by atoms with Gasteiger partial charge in [-0.1, -0.05) is 49.4 Å². The van der Waals surface area contributed by atoms with Gasteiger partial charge in [-0.25, -0.2) is 4.39 Å². The summed E-state index contributed by atoms with van der Waals surface area (Å²) in [7, 11) is 0. The van der Waals surface area contributed by atoms with Gasteiger partial charge in [0.25, 0.3) is 0 Å². The highest BCUT2D eigenvalue weighted by atomic mass is 19.1. The van der Waals surface area contributed by atoms with Crippen molar-refractivity contribution in [3.05, 3.63) is 71.0 Å². The van der Waals surface area contributed by atoms with E-state index in [1.807, 2.05) is 38.1 Å². The van der Waals surface area contributed by atoms with E-state index in [2.05, 4.69) is 0 Å². The number of hydrogen-bond donors (Lipinski definition) is 1. The molecule has 2 aromatic carbocycles. The van der Waals surface area contributed by atoms with Gasteiger partial charge in [-0.2, -0.15) is 0 Å².